The lowest BCUT2D eigenvalue weighted by molar-refractivity contribution is -0.384. The normalized spacial score (nSPS) is 10.0. The second-order valence-electron chi connectivity index (χ2n) is 7.07. The van der Waals surface area contributed by atoms with E-state index >= 15 is 0 Å². The lowest BCUT2D eigenvalue weighted by Crippen LogP contribution is -2.48. The highest BCUT2D eigenvalue weighted by Gasteiger charge is 2.13. The molecule has 0 aliphatic heterocycles. The molecule has 0 bridgehead atoms. The molecule has 172 valence electrons. The third kappa shape index (κ3) is 6.43. The summed E-state index contributed by atoms with van der Waals surface area (Å²) >= 11 is 4.97. The third-order valence-electron chi connectivity index (χ3n) is 4.52. The number of anilines is 1. The lowest BCUT2D eigenvalue weighted by atomic mass is 10.1. The van der Waals surface area contributed by atoms with E-state index in [9.17, 15) is 24.5 Å². The van der Waals surface area contributed by atoms with Crippen LogP contribution in [0.15, 0.2) is 72.8 Å². The number of thiocarbonyl (C=S) groups is 1. The van der Waals surface area contributed by atoms with Gasteiger partial charge in [0.2, 0.25) is 0 Å². The molecule has 34 heavy (non-hydrogen) atoms. The van der Waals surface area contributed by atoms with Gasteiger partial charge in [-0.05, 0) is 61.6 Å². The summed E-state index contributed by atoms with van der Waals surface area (Å²) in [6, 6.07) is 18.4. The van der Waals surface area contributed by atoms with Gasteiger partial charge in [-0.15, -0.1) is 0 Å². The molecule has 0 aromatic heterocycles. The van der Waals surface area contributed by atoms with E-state index in [0.717, 1.165) is 11.6 Å². The molecule has 0 fully saturated rings. The number of non-ortho nitro benzene ring substituents is 1. The maximum atomic E-state index is 12.3. The first-order valence-electron chi connectivity index (χ1n) is 9.87. The molecule has 3 rings (SSSR count). The van der Waals surface area contributed by atoms with Gasteiger partial charge in [-0.2, -0.15) is 0 Å². The summed E-state index contributed by atoms with van der Waals surface area (Å²) in [5, 5.41) is 15.7. The largest absolute Gasteiger partial charge is 0.322 e. The Kier molecular flexibility index (Phi) is 7.62. The number of aryl methyl sites for hydroxylation is 1. The fraction of sp³-hybridized carbons (Fsp3) is 0.0435. The minimum Gasteiger partial charge on any atom is -0.322 e. The molecule has 0 radical (unpaired) electrons. The Morgan fingerprint density at radius 3 is 2.09 bits per heavy atom. The number of nitrogens with zero attached hydrogens (tertiary/aromatic N) is 1. The van der Waals surface area contributed by atoms with Crippen molar-refractivity contribution in [3.8, 4) is 0 Å². The summed E-state index contributed by atoms with van der Waals surface area (Å²) in [5.74, 6) is -1.49. The molecular weight excluding hydrogens is 458 g/mol. The minimum absolute atomic E-state index is 0.0352. The van der Waals surface area contributed by atoms with E-state index in [4.69, 9.17) is 12.2 Å². The number of carbonyl (C=O) groups excluding carboxylic acids is 3. The molecule has 3 aromatic carbocycles. The second kappa shape index (κ2) is 10.8. The van der Waals surface area contributed by atoms with E-state index in [0.29, 0.717) is 11.3 Å². The van der Waals surface area contributed by atoms with Gasteiger partial charge < -0.3 is 5.32 Å². The summed E-state index contributed by atoms with van der Waals surface area (Å²) in [7, 11) is 0. The first-order valence-corrected chi connectivity index (χ1v) is 10.3. The van der Waals surface area contributed by atoms with E-state index in [1.54, 1.807) is 30.3 Å². The first-order chi connectivity index (χ1) is 16.2. The fourth-order valence-corrected chi connectivity index (χ4v) is 2.99. The Labute approximate surface area is 199 Å². The predicted molar refractivity (Wildman–Crippen MR) is 129 cm³/mol. The highest BCUT2D eigenvalue weighted by molar-refractivity contribution is 7.80. The zero-order chi connectivity index (χ0) is 24.7. The van der Waals surface area contributed by atoms with E-state index in [-0.39, 0.29) is 27.8 Å². The molecule has 10 nitrogen and oxygen atoms in total. The molecule has 0 spiro atoms. The highest BCUT2D eigenvalue weighted by atomic mass is 32.1. The number of hydrogen-bond donors (Lipinski definition) is 4. The molecule has 3 amide bonds. The third-order valence-corrected chi connectivity index (χ3v) is 4.73. The molecule has 0 unspecified atom stereocenters. The molecule has 0 aliphatic rings. The maximum Gasteiger partial charge on any atom is 0.270 e. The van der Waals surface area contributed by atoms with Gasteiger partial charge >= 0.3 is 0 Å². The van der Waals surface area contributed by atoms with Crippen molar-refractivity contribution in [3.63, 3.8) is 0 Å². The SMILES string of the molecule is Cc1cccc(C(=O)Nc2ccc(C(=O)NNC(=S)NC(=O)c3cccc([N+](=O)[O-])c3)cc2)c1. The topological polar surface area (TPSA) is 142 Å². The Hall–Kier alpha value is -4.64. The lowest BCUT2D eigenvalue weighted by Gasteiger charge is -2.11. The Bertz CT molecular complexity index is 1280. The zero-order valence-electron chi connectivity index (χ0n) is 17.8. The van der Waals surface area contributed by atoms with Crippen molar-refractivity contribution in [2.24, 2.45) is 0 Å². The fourth-order valence-electron chi connectivity index (χ4n) is 2.85. The summed E-state index contributed by atoms with van der Waals surface area (Å²) < 4.78 is 0. The number of nitro benzene ring substituents is 1. The van der Waals surface area contributed by atoms with Crippen LogP contribution < -0.4 is 21.5 Å². The standard InChI is InChI=1S/C23H19N5O5S/c1-14-4-2-5-16(12-14)20(29)24-18-10-8-15(9-11-18)22(31)26-27-23(34)25-21(30)17-6-3-7-19(13-17)28(32)33/h2-13H,1H3,(H,24,29)(H,26,31)(H2,25,27,30,34). The molecular formula is C23H19N5O5S. The smallest absolute Gasteiger partial charge is 0.270 e. The van der Waals surface area contributed by atoms with Crippen molar-refractivity contribution >= 4 is 46.4 Å². The van der Waals surface area contributed by atoms with Crippen molar-refractivity contribution < 1.29 is 19.3 Å². The highest BCUT2D eigenvalue weighted by Crippen LogP contribution is 2.14. The van der Waals surface area contributed by atoms with Crippen LogP contribution in [0.3, 0.4) is 0 Å². The summed E-state index contributed by atoms with van der Waals surface area (Å²) in [6.07, 6.45) is 0. The average Bonchev–Trinajstić information content (AvgIpc) is 2.83. The zero-order valence-corrected chi connectivity index (χ0v) is 18.6. The number of carbonyl (C=O) groups is 3. The van der Waals surface area contributed by atoms with Crippen LogP contribution >= 0.6 is 12.2 Å². The number of benzene rings is 3. The molecule has 0 aliphatic carbocycles. The van der Waals surface area contributed by atoms with Gasteiger partial charge in [0.15, 0.2) is 5.11 Å². The Morgan fingerprint density at radius 1 is 0.794 bits per heavy atom. The number of amides is 3. The van der Waals surface area contributed by atoms with Gasteiger partial charge in [0.05, 0.1) is 4.92 Å². The van der Waals surface area contributed by atoms with Crippen LogP contribution in [-0.2, 0) is 0 Å². The van der Waals surface area contributed by atoms with Crippen LogP contribution in [0.25, 0.3) is 0 Å². The van der Waals surface area contributed by atoms with E-state index in [1.807, 2.05) is 13.0 Å². The predicted octanol–water partition coefficient (Wildman–Crippen LogP) is 3.10. The van der Waals surface area contributed by atoms with Crippen LogP contribution in [0.1, 0.15) is 36.6 Å². The van der Waals surface area contributed by atoms with Crippen LogP contribution in [0.5, 0.6) is 0 Å². The van der Waals surface area contributed by atoms with Crippen molar-refractivity contribution in [2.75, 3.05) is 5.32 Å². The van der Waals surface area contributed by atoms with Gasteiger partial charge in [-0.3, -0.25) is 40.7 Å². The van der Waals surface area contributed by atoms with Crippen molar-refractivity contribution in [1.82, 2.24) is 16.2 Å². The number of hydrazine groups is 1. The van der Waals surface area contributed by atoms with Crippen LogP contribution in [0, 0.1) is 17.0 Å². The van der Waals surface area contributed by atoms with E-state index in [2.05, 4.69) is 21.5 Å². The molecule has 0 atom stereocenters. The summed E-state index contributed by atoms with van der Waals surface area (Å²) in [4.78, 5) is 47.0. The molecule has 0 saturated carbocycles. The van der Waals surface area contributed by atoms with Crippen LogP contribution in [-0.4, -0.2) is 27.8 Å². The van der Waals surface area contributed by atoms with Gasteiger partial charge in [0.25, 0.3) is 23.4 Å². The first kappa shape index (κ1) is 24.0. The number of hydrogen-bond acceptors (Lipinski definition) is 6. The van der Waals surface area contributed by atoms with E-state index in [1.165, 1.54) is 30.3 Å². The maximum absolute atomic E-state index is 12.3. The number of nitro groups is 1. The molecule has 3 aromatic rings. The second-order valence-corrected chi connectivity index (χ2v) is 7.48. The Balaban J connectivity index is 1.51. The van der Waals surface area contributed by atoms with E-state index < -0.39 is 16.7 Å². The van der Waals surface area contributed by atoms with Crippen molar-refractivity contribution in [2.45, 2.75) is 6.92 Å². The Morgan fingerprint density at radius 2 is 1.44 bits per heavy atom. The average molecular weight is 478 g/mol. The number of nitrogens with one attached hydrogen (secondary N) is 4. The van der Waals surface area contributed by atoms with Gasteiger partial charge in [-0.25, -0.2) is 0 Å². The molecule has 0 heterocycles. The van der Waals surface area contributed by atoms with Crippen molar-refractivity contribution in [1.29, 1.82) is 0 Å². The van der Waals surface area contributed by atoms with Gasteiger partial charge in [0, 0.05) is 34.5 Å². The summed E-state index contributed by atoms with van der Waals surface area (Å²) in [6.45, 7) is 1.89. The molecule has 11 heteroatoms. The summed E-state index contributed by atoms with van der Waals surface area (Å²) in [5.41, 5.74) is 6.79. The van der Waals surface area contributed by atoms with Crippen molar-refractivity contribution in [3.05, 3.63) is 105 Å². The number of rotatable bonds is 5. The molecule has 0 saturated heterocycles. The van der Waals surface area contributed by atoms with Gasteiger partial charge in [0.1, 0.15) is 0 Å². The van der Waals surface area contributed by atoms with Crippen LogP contribution in [0.4, 0.5) is 11.4 Å². The minimum atomic E-state index is -0.677. The molecule has 4 N–H and O–H groups in total. The van der Waals surface area contributed by atoms with Crippen LogP contribution in [0.2, 0.25) is 0 Å². The quantitative estimate of drug-likeness (QED) is 0.251. The monoisotopic (exact) mass is 477 g/mol. The van der Waals surface area contributed by atoms with Gasteiger partial charge in [-0.1, -0.05) is 23.8 Å².